The predicted molar refractivity (Wildman–Crippen MR) is 93.7 cm³/mol. The van der Waals surface area contributed by atoms with Gasteiger partial charge in [0.05, 0.1) is 6.20 Å². The van der Waals surface area contributed by atoms with Crippen LogP contribution in [-0.2, 0) is 4.79 Å². The third-order valence-electron chi connectivity index (χ3n) is 4.20. The van der Waals surface area contributed by atoms with Gasteiger partial charge in [0.15, 0.2) is 0 Å². The number of ether oxygens (including phenoxy) is 1. The first-order valence-electron chi connectivity index (χ1n) is 8.07. The number of pyridine rings is 1. The zero-order chi connectivity index (χ0) is 16.9. The molecule has 0 unspecified atom stereocenters. The second-order valence-electron chi connectivity index (χ2n) is 5.86. The average Bonchev–Trinajstić information content (AvgIpc) is 3.07. The van der Waals surface area contributed by atoms with E-state index in [0.29, 0.717) is 23.5 Å². The number of carbonyl (C=O) groups is 1. The maximum absolute atomic E-state index is 11.4. The van der Waals surface area contributed by atoms with Crippen molar-refractivity contribution in [3.8, 4) is 5.75 Å². The lowest BCUT2D eigenvalue weighted by atomic mass is 10.0. The minimum Gasteiger partial charge on any atom is -0.455 e. The Morgan fingerprint density at radius 3 is 3.12 bits per heavy atom. The molecule has 1 aliphatic rings. The highest BCUT2D eigenvalue weighted by Gasteiger charge is 2.17. The first-order chi connectivity index (χ1) is 11.7. The minimum atomic E-state index is 0.610. The maximum Gasteiger partial charge on any atom is 0.149 e. The molecule has 2 aromatic heterocycles. The molecule has 0 saturated carbocycles. The third kappa shape index (κ3) is 3.49. The summed E-state index contributed by atoms with van der Waals surface area (Å²) in [4.78, 5) is 20.9. The van der Waals surface area contributed by atoms with Crippen LogP contribution in [0.4, 0.5) is 0 Å². The number of nitrogens with zero attached hydrogens (tertiary/aromatic N) is 2. The van der Waals surface area contributed by atoms with Gasteiger partial charge in [-0.15, -0.1) is 0 Å². The summed E-state index contributed by atoms with van der Waals surface area (Å²) in [5, 5.41) is 4.12. The molecule has 2 heterocycles. The number of rotatable bonds is 7. The quantitative estimate of drug-likeness (QED) is 0.764. The van der Waals surface area contributed by atoms with Crippen LogP contribution in [0.1, 0.15) is 12.8 Å². The number of carbonyl (C=O) groups excluding carboxylic acids is 1. The lowest BCUT2D eigenvalue weighted by Gasteiger charge is -2.26. The first kappa shape index (κ1) is 16.3. The monoisotopic (exact) mass is 326 g/mol. The zero-order valence-electron chi connectivity index (χ0n) is 14.0. The molecule has 0 radical (unpaired) electrons. The Hall–Kier alpha value is -2.60. The molecule has 0 amide bonds. The minimum absolute atomic E-state index is 0.610. The molecule has 1 aliphatic carbocycles. The summed E-state index contributed by atoms with van der Waals surface area (Å²) < 4.78 is 5.97. The second-order valence-corrected chi connectivity index (χ2v) is 5.86. The maximum atomic E-state index is 11.4. The number of aldehydes is 1. The van der Waals surface area contributed by atoms with Crippen molar-refractivity contribution < 1.29 is 9.53 Å². The van der Waals surface area contributed by atoms with Crippen molar-refractivity contribution in [1.82, 2.24) is 20.2 Å². The van der Waals surface area contributed by atoms with Crippen LogP contribution in [0.2, 0.25) is 0 Å². The number of H-pyrrole nitrogens is 1. The molecule has 0 spiro atoms. The van der Waals surface area contributed by atoms with Crippen LogP contribution < -0.4 is 10.1 Å². The van der Waals surface area contributed by atoms with Crippen molar-refractivity contribution >= 4 is 17.3 Å². The fraction of sp³-hybridized carbons (Fsp3) is 0.333. The van der Waals surface area contributed by atoms with Gasteiger partial charge in [-0.25, -0.2) is 4.98 Å². The van der Waals surface area contributed by atoms with Crippen molar-refractivity contribution in [1.29, 1.82) is 0 Å². The van der Waals surface area contributed by atoms with Gasteiger partial charge in [0.1, 0.15) is 23.4 Å². The van der Waals surface area contributed by atoms with Gasteiger partial charge in [-0.2, -0.15) is 0 Å². The normalized spacial score (nSPS) is 14.7. The number of fused-ring (bicyclic) bond motifs is 1. The molecule has 6 nitrogen and oxygen atoms in total. The highest BCUT2D eigenvalue weighted by molar-refractivity contribution is 5.77. The fourth-order valence-electron chi connectivity index (χ4n) is 2.74. The first-order valence-corrected chi connectivity index (χ1v) is 8.07. The topological polar surface area (TPSA) is 70.2 Å². The van der Waals surface area contributed by atoms with Crippen molar-refractivity contribution in [2.75, 3.05) is 27.2 Å². The summed E-state index contributed by atoms with van der Waals surface area (Å²) in [6.45, 7) is 1.81. The Balaban J connectivity index is 1.83. The van der Waals surface area contributed by atoms with Crippen molar-refractivity contribution in [2.45, 2.75) is 12.8 Å². The lowest BCUT2D eigenvalue weighted by molar-refractivity contribution is -0.105. The van der Waals surface area contributed by atoms with Crippen LogP contribution in [0.25, 0.3) is 11.0 Å². The van der Waals surface area contributed by atoms with E-state index >= 15 is 0 Å². The van der Waals surface area contributed by atoms with Crippen LogP contribution in [-0.4, -0.2) is 48.3 Å². The predicted octanol–water partition coefficient (Wildman–Crippen LogP) is 2.22. The highest BCUT2D eigenvalue weighted by atomic mass is 16.5. The van der Waals surface area contributed by atoms with E-state index in [9.17, 15) is 4.79 Å². The Kier molecular flexibility index (Phi) is 4.96. The van der Waals surface area contributed by atoms with E-state index in [0.717, 1.165) is 36.8 Å². The summed E-state index contributed by atoms with van der Waals surface area (Å²) in [6.07, 6.45) is 7.89. The molecule has 0 aliphatic heterocycles. The van der Waals surface area contributed by atoms with Crippen LogP contribution in [0.5, 0.6) is 5.75 Å². The fourth-order valence-corrected chi connectivity index (χ4v) is 2.74. The van der Waals surface area contributed by atoms with Gasteiger partial charge >= 0.3 is 0 Å². The smallest absolute Gasteiger partial charge is 0.149 e. The van der Waals surface area contributed by atoms with Gasteiger partial charge < -0.3 is 19.9 Å². The van der Waals surface area contributed by atoms with Crippen LogP contribution >= 0.6 is 0 Å². The molecule has 0 atom stereocenters. The van der Waals surface area contributed by atoms with E-state index in [4.69, 9.17) is 4.74 Å². The summed E-state index contributed by atoms with van der Waals surface area (Å²) in [5.74, 6) is 1.24. The molecule has 0 aromatic carbocycles. The summed E-state index contributed by atoms with van der Waals surface area (Å²) >= 11 is 0. The molecular formula is C18H22N4O2. The Labute approximate surface area is 141 Å². The van der Waals surface area contributed by atoms with Crippen molar-refractivity contribution in [2.24, 2.45) is 0 Å². The molecule has 126 valence electrons. The molecule has 0 saturated heterocycles. The van der Waals surface area contributed by atoms with E-state index in [1.165, 1.54) is 5.70 Å². The largest absolute Gasteiger partial charge is 0.455 e. The number of aromatic nitrogens is 2. The van der Waals surface area contributed by atoms with Gasteiger partial charge in [0.25, 0.3) is 0 Å². The Bertz CT molecular complexity index is 791. The molecule has 0 fully saturated rings. The molecule has 0 bridgehead atoms. The number of hydrogen-bond donors (Lipinski definition) is 2. The third-order valence-corrected chi connectivity index (χ3v) is 4.20. The molecule has 24 heavy (non-hydrogen) atoms. The van der Waals surface area contributed by atoms with Crippen LogP contribution in [0.3, 0.4) is 0 Å². The van der Waals surface area contributed by atoms with Gasteiger partial charge in [0.2, 0.25) is 0 Å². The standard InChI is InChI=1S/C18H22N4O2/c1-19-7-8-22(2)15-4-3-14(12-23)17(10-15)24-16-9-13-5-6-20-18(13)21-11-16/h5-6,9-12,19H,3-4,7-8H2,1-2H3,(H,20,21). The van der Waals surface area contributed by atoms with E-state index in [2.05, 4.69) is 27.2 Å². The van der Waals surface area contributed by atoms with Crippen molar-refractivity contribution in [3.05, 3.63) is 47.6 Å². The van der Waals surface area contributed by atoms with Crippen LogP contribution in [0.15, 0.2) is 47.6 Å². The Morgan fingerprint density at radius 2 is 2.33 bits per heavy atom. The van der Waals surface area contributed by atoms with Crippen LogP contribution in [0, 0.1) is 0 Å². The van der Waals surface area contributed by atoms with Crippen molar-refractivity contribution in [3.63, 3.8) is 0 Å². The van der Waals surface area contributed by atoms with E-state index in [-0.39, 0.29) is 0 Å². The van der Waals surface area contributed by atoms with E-state index in [1.807, 2.05) is 31.5 Å². The second kappa shape index (κ2) is 7.31. The summed E-state index contributed by atoms with van der Waals surface area (Å²) in [5.41, 5.74) is 2.68. The lowest BCUT2D eigenvalue weighted by Crippen LogP contribution is -2.28. The summed E-state index contributed by atoms with van der Waals surface area (Å²) in [6, 6.07) is 3.86. The van der Waals surface area contributed by atoms with Gasteiger partial charge in [-0.3, -0.25) is 4.79 Å². The highest BCUT2D eigenvalue weighted by Crippen LogP contribution is 2.27. The summed E-state index contributed by atoms with van der Waals surface area (Å²) in [7, 11) is 3.99. The Morgan fingerprint density at radius 1 is 1.46 bits per heavy atom. The van der Waals surface area contributed by atoms with Gasteiger partial charge in [0, 0.05) is 49.1 Å². The SMILES string of the molecule is CNCCN(C)C1=CC(Oc2cnc3[nH]ccc3c2)=C(C=O)CC1. The number of aromatic amines is 1. The number of likely N-dealkylation sites (N-methyl/N-ethyl adjacent to an activating group) is 2. The number of hydrogen-bond acceptors (Lipinski definition) is 5. The molecule has 3 rings (SSSR count). The molecule has 2 aromatic rings. The van der Waals surface area contributed by atoms with E-state index in [1.54, 1.807) is 6.20 Å². The molecule has 6 heteroatoms. The zero-order valence-corrected chi connectivity index (χ0v) is 14.0. The van der Waals surface area contributed by atoms with Gasteiger partial charge in [-0.1, -0.05) is 0 Å². The van der Waals surface area contributed by atoms with E-state index < -0.39 is 0 Å². The molecular weight excluding hydrogens is 304 g/mol. The number of nitrogens with one attached hydrogen (secondary N) is 2. The average molecular weight is 326 g/mol. The number of allylic oxidation sites excluding steroid dienone is 3. The van der Waals surface area contributed by atoms with Gasteiger partial charge in [-0.05, 0) is 32.0 Å². The molecule has 2 N–H and O–H groups in total.